The number of nitrogens with one attached hydrogen (secondary N) is 1. The number of hydrogen-bond acceptors (Lipinski definition) is 6. The van der Waals surface area contributed by atoms with E-state index in [1.807, 2.05) is 45.0 Å². The van der Waals surface area contributed by atoms with Crippen molar-refractivity contribution in [1.82, 2.24) is 10.2 Å². The summed E-state index contributed by atoms with van der Waals surface area (Å²) < 4.78 is 65.4. The largest absolute Gasteiger partial charge is 0.416 e. The summed E-state index contributed by atoms with van der Waals surface area (Å²) >= 11 is 0. The molecule has 5 rings (SSSR count). The van der Waals surface area contributed by atoms with Crippen LogP contribution in [0.25, 0.3) is 0 Å². The Hall–Kier alpha value is -2.50. The van der Waals surface area contributed by atoms with E-state index in [0.29, 0.717) is 18.7 Å². The Morgan fingerprint density at radius 3 is 2.48 bits per heavy atom. The van der Waals surface area contributed by atoms with Gasteiger partial charge in [0, 0.05) is 25.9 Å². The van der Waals surface area contributed by atoms with E-state index < -0.39 is 41.4 Å². The molecular formula is C32H41F3N2O5. The van der Waals surface area contributed by atoms with Gasteiger partial charge in [-0.15, -0.1) is 0 Å². The van der Waals surface area contributed by atoms with Crippen LogP contribution in [0.3, 0.4) is 0 Å². The Morgan fingerprint density at radius 1 is 1.02 bits per heavy atom. The first kappa shape index (κ1) is 30.9. The molecule has 2 aliphatic heterocycles. The Morgan fingerprint density at radius 2 is 1.76 bits per heavy atom. The smallest absolute Gasteiger partial charge is 0.371 e. The van der Waals surface area contributed by atoms with Gasteiger partial charge in [-0.25, -0.2) is 0 Å². The van der Waals surface area contributed by atoms with Gasteiger partial charge in [0.15, 0.2) is 11.4 Å². The molecule has 2 aromatic carbocycles. The second-order valence-corrected chi connectivity index (χ2v) is 12.2. The highest BCUT2D eigenvalue weighted by molar-refractivity contribution is 5.85. The minimum absolute atomic E-state index is 0.171. The van der Waals surface area contributed by atoms with Gasteiger partial charge < -0.3 is 29.2 Å². The zero-order chi connectivity index (χ0) is 30.0. The Balaban J connectivity index is 1.38. The summed E-state index contributed by atoms with van der Waals surface area (Å²) in [5, 5.41) is 3.06. The SMILES string of the molecule is Cc1ccc(COC2C[C@](OCc3cccc(C(F)(F)F)c3)(C(=O)NCCN3CCCC3)C[C@H]3OC(C)(C)O[C@@H]23)cc1. The van der Waals surface area contributed by atoms with Crippen molar-refractivity contribution in [3.05, 3.63) is 70.8 Å². The Kier molecular flexibility index (Phi) is 9.30. The maximum absolute atomic E-state index is 14.0. The van der Waals surface area contributed by atoms with Crippen LogP contribution in [0.1, 0.15) is 61.8 Å². The Labute approximate surface area is 245 Å². The number of hydrogen-bond donors (Lipinski definition) is 1. The zero-order valence-corrected chi connectivity index (χ0v) is 24.5. The van der Waals surface area contributed by atoms with Gasteiger partial charge in [0.1, 0.15) is 6.10 Å². The molecule has 0 aromatic heterocycles. The first-order chi connectivity index (χ1) is 19.9. The number of benzene rings is 2. The molecule has 2 heterocycles. The molecule has 1 saturated carbocycles. The number of nitrogens with zero attached hydrogens (tertiary/aromatic N) is 1. The monoisotopic (exact) mass is 590 g/mol. The highest BCUT2D eigenvalue weighted by atomic mass is 19.4. The fraction of sp³-hybridized carbons (Fsp3) is 0.594. The van der Waals surface area contributed by atoms with E-state index in [1.54, 1.807) is 6.07 Å². The molecule has 1 amide bonds. The lowest BCUT2D eigenvalue weighted by Crippen LogP contribution is -2.60. The highest BCUT2D eigenvalue weighted by Gasteiger charge is 2.58. The topological polar surface area (TPSA) is 69.3 Å². The molecule has 1 aliphatic carbocycles. The van der Waals surface area contributed by atoms with Crippen LogP contribution in [0, 0.1) is 6.92 Å². The summed E-state index contributed by atoms with van der Waals surface area (Å²) in [6.45, 7) is 8.97. The number of fused-ring (bicyclic) bond motifs is 1. The van der Waals surface area contributed by atoms with Crippen molar-refractivity contribution in [2.24, 2.45) is 0 Å². The van der Waals surface area contributed by atoms with Gasteiger partial charge in [-0.1, -0.05) is 42.0 Å². The number of amides is 1. The van der Waals surface area contributed by atoms with E-state index in [1.165, 1.54) is 6.07 Å². The first-order valence-corrected chi connectivity index (χ1v) is 14.8. The van der Waals surface area contributed by atoms with E-state index in [9.17, 15) is 18.0 Å². The van der Waals surface area contributed by atoms with Crippen molar-refractivity contribution in [2.75, 3.05) is 26.2 Å². The molecule has 230 valence electrons. The van der Waals surface area contributed by atoms with E-state index >= 15 is 0 Å². The van der Waals surface area contributed by atoms with E-state index in [0.717, 1.165) is 55.7 Å². The van der Waals surface area contributed by atoms with Gasteiger partial charge in [0.05, 0.1) is 31.0 Å². The molecule has 42 heavy (non-hydrogen) atoms. The van der Waals surface area contributed by atoms with Crippen LogP contribution in [0.2, 0.25) is 0 Å². The summed E-state index contributed by atoms with van der Waals surface area (Å²) in [5.74, 6) is -1.20. The molecule has 2 aromatic rings. The van der Waals surface area contributed by atoms with Crippen LogP contribution in [0.15, 0.2) is 48.5 Å². The molecule has 0 radical (unpaired) electrons. The number of likely N-dealkylation sites (tertiary alicyclic amines) is 1. The van der Waals surface area contributed by atoms with Crippen molar-refractivity contribution in [1.29, 1.82) is 0 Å². The molecule has 3 aliphatic rings. The van der Waals surface area contributed by atoms with E-state index in [4.69, 9.17) is 18.9 Å². The summed E-state index contributed by atoms with van der Waals surface area (Å²) in [7, 11) is 0. The molecule has 10 heteroatoms. The maximum Gasteiger partial charge on any atom is 0.416 e. The predicted octanol–water partition coefficient (Wildman–Crippen LogP) is 5.38. The van der Waals surface area contributed by atoms with Crippen LogP contribution < -0.4 is 5.32 Å². The molecule has 1 unspecified atom stereocenters. The van der Waals surface area contributed by atoms with Gasteiger partial charge in [-0.3, -0.25) is 4.79 Å². The Bertz CT molecular complexity index is 1220. The summed E-state index contributed by atoms with van der Waals surface area (Å²) in [6, 6.07) is 13.0. The van der Waals surface area contributed by atoms with Crippen LogP contribution >= 0.6 is 0 Å². The number of aryl methyl sites for hydroxylation is 1. The lowest BCUT2D eigenvalue weighted by atomic mass is 9.78. The van der Waals surface area contributed by atoms with Gasteiger partial charge >= 0.3 is 6.18 Å². The van der Waals surface area contributed by atoms with Gasteiger partial charge in [-0.05, 0) is 70.0 Å². The second-order valence-electron chi connectivity index (χ2n) is 12.2. The predicted molar refractivity (Wildman–Crippen MR) is 150 cm³/mol. The maximum atomic E-state index is 14.0. The molecule has 2 saturated heterocycles. The number of halogens is 3. The van der Waals surface area contributed by atoms with E-state index in [2.05, 4.69) is 10.2 Å². The van der Waals surface area contributed by atoms with Crippen molar-refractivity contribution in [2.45, 2.75) is 95.5 Å². The summed E-state index contributed by atoms with van der Waals surface area (Å²) in [5.41, 5.74) is 0.300. The molecule has 0 spiro atoms. The minimum Gasteiger partial charge on any atom is -0.371 e. The van der Waals surface area contributed by atoms with Crippen LogP contribution in [-0.2, 0) is 43.1 Å². The standard InChI is InChI=1S/C32H41F3N2O5/c1-22-9-11-23(12-10-22)20-39-26-18-31(19-27-28(26)42-30(2,3)41-27,29(38)36-13-16-37-14-4-5-15-37)40-21-24-7-6-8-25(17-24)32(33,34)35/h6-12,17,26-28H,4-5,13-16,18-21H2,1-3H3,(H,36,38)/t26?,27-,28+,31-/m1/s1. The lowest BCUT2D eigenvalue weighted by molar-refractivity contribution is -0.183. The second kappa shape index (κ2) is 12.6. The zero-order valence-electron chi connectivity index (χ0n) is 24.5. The summed E-state index contributed by atoms with van der Waals surface area (Å²) in [6.07, 6.45) is -3.28. The van der Waals surface area contributed by atoms with Crippen LogP contribution in [0.4, 0.5) is 13.2 Å². The van der Waals surface area contributed by atoms with Crippen molar-refractivity contribution < 1.29 is 36.9 Å². The number of carbonyl (C=O) groups is 1. The number of ether oxygens (including phenoxy) is 4. The normalized spacial score (nSPS) is 27.6. The molecular weight excluding hydrogens is 549 g/mol. The third kappa shape index (κ3) is 7.52. The number of rotatable bonds is 10. The van der Waals surface area contributed by atoms with Crippen molar-refractivity contribution in [3.63, 3.8) is 0 Å². The van der Waals surface area contributed by atoms with Crippen LogP contribution in [-0.4, -0.2) is 66.7 Å². The fourth-order valence-corrected chi connectivity index (χ4v) is 6.15. The molecule has 0 bridgehead atoms. The highest BCUT2D eigenvalue weighted by Crippen LogP contribution is 2.44. The minimum atomic E-state index is -4.48. The quantitative estimate of drug-likeness (QED) is 0.401. The van der Waals surface area contributed by atoms with Crippen LogP contribution in [0.5, 0.6) is 0 Å². The van der Waals surface area contributed by atoms with Crippen molar-refractivity contribution in [3.8, 4) is 0 Å². The van der Waals surface area contributed by atoms with Gasteiger partial charge in [0.25, 0.3) is 5.91 Å². The molecule has 7 nitrogen and oxygen atoms in total. The van der Waals surface area contributed by atoms with E-state index in [-0.39, 0.29) is 25.4 Å². The molecule has 1 N–H and O–H groups in total. The average Bonchev–Trinajstić information content (AvgIpc) is 3.57. The molecule has 3 fully saturated rings. The fourth-order valence-electron chi connectivity index (χ4n) is 6.15. The average molecular weight is 591 g/mol. The number of carbonyl (C=O) groups excluding carboxylic acids is 1. The number of alkyl halides is 3. The third-order valence-corrected chi connectivity index (χ3v) is 8.33. The third-order valence-electron chi connectivity index (χ3n) is 8.33. The molecule has 4 atom stereocenters. The van der Waals surface area contributed by atoms with Gasteiger partial charge in [0.2, 0.25) is 0 Å². The van der Waals surface area contributed by atoms with Gasteiger partial charge in [-0.2, -0.15) is 13.2 Å². The summed E-state index contributed by atoms with van der Waals surface area (Å²) in [4.78, 5) is 16.3. The van der Waals surface area contributed by atoms with Crippen molar-refractivity contribution >= 4 is 5.91 Å². The lowest BCUT2D eigenvalue weighted by Gasteiger charge is -2.43. The first-order valence-electron chi connectivity index (χ1n) is 14.8.